The molecule has 0 aliphatic heterocycles. The van der Waals surface area contributed by atoms with Crippen molar-refractivity contribution < 1.29 is 4.92 Å². The maximum absolute atomic E-state index is 10.5. The van der Waals surface area contributed by atoms with Gasteiger partial charge in [-0.1, -0.05) is 23.6 Å². The van der Waals surface area contributed by atoms with Crippen molar-refractivity contribution in [3.63, 3.8) is 0 Å². The van der Waals surface area contributed by atoms with Crippen LogP contribution in [0.5, 0.6) is 0 Å². The number of nitrogen functional groups attached to an aromatic ring is 1. The lowest BCUT2D eigenvalue weighted by atomic mass is 10.2. The number of non-ortho nitro benzene ring substituents is 1. The molecule has 20 heavy (non-hydrogen) atoms. The van der Waals surface area contributed by atoms with E-state index in [0.29, 0.717) is 5.69 Å². The number of rotatable bonds is 3. The third kappa shape index (κ3) is 3.72. The van der Waals surface area contributed by atoms with Crippen molar-refractivity contribution in [2.75, 3.05) is 5.73 Å². The van der Waals surface area contributed by atoms with Crippen molar-refractivity contribution >= 4 is 23.5 Å². The van der Waals surface area contributed by atoms with Gasteiger partial charge in [-0.25, -0.2) is 0 Å². The van der Waals surface area contributed by atoms with E-state index in [1.165, 1.54) is 12.1 Å². The number of nitrogens with zero attached hydrogens (tertiary/aromatic N) is 1. The molecule has 98 valence electrons. The first-order valence-electron chi connectivity index (χ1n) is 5.92. The number of hydrogen-bond donors (Lipinski definition) is 1. The van der Waals surface area contributed by atoms with Crippen LogP contribution in [0.3, 0.4) is 0 Å². The van der Waals surface area contributed by atoms with Crippen LogP contribution in [0.25, 0.3) is 12.2 Å². The van der Waals surface area contributed by atoms with Gasteiger partial charge in [0.15, 0.2) is 0 Å². The second-order valence-corrected chi connectivity index (χ2v) is 4.09. The number of nitro benzene ring substituents is 1. The Balaban J connectivity index is 2.13. The maximum Gasteiger partial charge on any atom is 0.269 e. The van der Waals surface area contributed by atoms with Crippen LogP contribution in [0.15, 0.2) is 60.0 Å². The highest BCUT2D eigenvalue weighted by Crippen LogP contribution is 2.12. The summed E-state index contributed by atoms with van der Waals surface area (Å²) in [6.07, 6.45) is 3.48. The Hall–Kier alpha value is -3.06. The molecule has 0 aromatic heterocycles. The van der Waals surface area contributed by atoms with Crippen LogP contribution in [-0.2, 0) is 0 Å². The third-order valence-electron chi connectivity index (χ3n) is 2.60. The van der Waals surface area contributed by atoms with Gasteiger partial charge in [0.05, 0.1) is 4.92 Å². The zero-order valence-corrected chi connectivity index (χ0v) is 10.6. The zero-order chi connectivity index (χ0) is 14.4. The summed E-state index contributed by atoms with van der Waals surface area (Å²) in [7, 11) is 0. The van der Waals surface area contributed by atoms with E-state index in [1.807, 2.05) is 24.3 Å². The normalized spacial score (nSPS) is 9.20. The fourth-order valence-electron chi connectivity index (χ4n) is 1.53. The molecule has 2 N–H and O–H groups in total. The summed E-state index contributed by atoms with van der Waals surface area (Å²) in [5, 5.41) is 10.5. The Morgan fingerprint density at radius 3 is 1.80 bits per heavy atom. The molecule has 0 atom stereocenters. The number of nitro groups is 1. The van der Waals surface area contributed by atoms with Crippen LogP contribution in [0.4, 0.5) is 11.4 Å². The summed E-state index contributed by atoms with van der Waals surface area (Å²) in [4.78, 5) is 10.1. The van der Waals surface area contributed by atoms with Gasteiger partial charge in [-0.2, -0.15) is 0 Å². The van der Waals surface area contributed by atoms with Gasteiger partial charge >= 0.3 is 0 Å². The van der Waals surface area contributed by atoms with Crippen LogP contribution in [-0.4, -0.2) is 4.92 Å². The molecule has 0 amide bonds. The molecule has 0 aliphatic carbocycles. The minimum atomic E-state index is -0.426. The van der Waals surface area contributed by atoms with Crippen LogP contribution >= 0.6 is 0 Å². The Morgan fingerprint density at radius 2 is 1.35 bits per heavy atom. The molecular weight excluding hydrogens is 252 g/mol. The van der Waals surface area contributed by atoms with Crippen molar-refractivity contribution in [1.29, 1.82) is 0 Å². The zero-order valence-electron chi connectivity index (χ0n) is 10.6. The quantitative estimate of drug-likeness (QED) is 0.398. The molecule has 0 radical (unpaired) electrons. The molecule has 0 bridgehead atoms. The molecule has 0 heterocycles. The van der Waals surface area contributed by atoms with E-state index in [1.54, 1.807) is 24.3 Å². The molecule has 2 rings (SSSR count). The van der Waals surface area contributed by atoms with Gasteiger partial charge in [0.25, 0.3) is 5.69 Å². The molecule has 4 nitrogen and oxygen atoms in total. The van der Waals surface area contributed by atoms with E-state index < -0.39 is 4.92 Å². The fraction of sp³-hybridized carbons (Fsp3) is 0. The number of anilines is 1. The van der Waals surface area contributed by atoms with Crippen LogP contribution in [0, 0.1) is 10.1 Å². The molecule has 0 spiro atoms. The second kappa shape index (κ2) is 6.21. The summed E-state index contributed by atoms with van der Waals surface area (Å²) in [5.41, 5.74) is 14.0. The lowest BCUT2D eigenvalue weighted by Crippen LogP contribution is -1.86. The molecule has 0 saturated carbocycles. The monoisotopic (exact) mass is 264 g/mol. The largest absolute Gasteiger partial charge is 0.399 e. The van der Waals surface area contributed by atoms with E-state index in [0.717, 1.165) is 11.1 Å². The number of hydrogen-bond acceptors (Lipinski definition) is 3. The van der Waals surface area contributed by atoms with Crippen LogP contribution in [0.2, 0.25) is 0 Å². The maximum atomic E-state index is 10.5. The van der Waals surface area contributed by atoms with Crippen molar-refractivity contribution in [1.82, 2.24) is 0 Å². The van der Waals surface area contributed by atoms with Crippen LogP contribution in [0.1, 0.15) is 11.1 Å². The van der Waals surface area contributed by atoms with E-state index >= 15 is 0 Å². The molecule has 2 aromatic carbocycles. The molecule has 0 saturated heterocycles. The van der Waals surface area contributed by atoms with Gasteiger partial charge in [0, 0.05) is 17.8 Å². The first-order valence-corrected chi connectivity index (χ1v) is 5.92. The standard InChI is InChI=1S/C16H12N2O2/c17-15-9-5-13(6-10-15)3-1-2-4-14-7-11-16(12-8-14)18(19)20/h3-12H,17H2. The highest BCUT2D eigenvalue weighted by Gasteiger charge is 2.01. The highest BCUT2D eigenvalue weighted by molar-refractivity contribution is 5.55. The van der Waals surface area contributed by atoms with Crippen LogP contribution < -0.4 is 5.73 Å². The fourth-order valence-corrected chi connectivity index (χ4v) is 1.53. The highest BCUT2D eigenvalue weighted by atomic mass is 16.6. The minimum absolute atomic E-state index is 0.0727. The van der Waals surface area contributed by atoms with Crippen molar-refractivity contribution in [2.45, 2.75) is 0 Å². The number of benzene rings is 2. The van der Waals surface area contributed by atoms with E-state index in [9.17, 15) is 10.1 Å². The van der Waals surface area contributed by atoms with Gasteiger partial charge in [-0.3, -0.25) is 10.1 Å². The SMILES string of the molecule is Nc1ccc(C=C=C=Cc2ccc([N+](=O)[O-])cc2)cc1. The lowest BCUT2D eigenvalue weighted by molar-refractivity contribution is -0.384. The summed E-state index contributed by atoms with van der Waals surface area (Å²) >= 11 is 0. The summed E-state index contributed by atoms with van der Waals surface area (Å²) in [6.45, 7) is 0. The average molecular weight is 264 g/mol. The molecular formula is C16H12N2O2. The predicted octanol–water partition coefficient (Wildman–Crippen LogP) is 3.66. The molecule has 2 aromatic rings. The molecule has 0 fully saturated rings. The minimum Gasteiger partial charge on any atom is -0.399 e. The summed E-state index contributed by atoms with van der Waals surface area (Å²) < 4.78 is 0. The molecule has 0 unspecified atom stereocenters. The first kappa shape index (κ1) is 13.4. The summed E-state index contributed by atoms with van der Waals surface area (Å²) in [6, 6.07) is 13.6. The first-order chi connectivity index (χ1) is 9.65. The van der Waals surface area contributed by atoms with Gasteiger partial charge in [0.1, 0.15) is 0 Å². The molecule has 4 heteroatoms. The van der Waals surface area contributed by atoms with Gasteiger partial charge in [-0.05, 0) is 47.5 Å². The smallest absolute Gasteiger partial charge is 0.269 e. The summed E-state index contributed by atoms with van der Waals surface area (Å²) in [5.74, 6) is 0. The van der Waals surface area contributed by atoms with Gasteiger partial charge in [0.2, 0.25) is 0 Å². The Bertz CT molecular complexity index is 703. The predicted molar refractivity (Wildman–Crippen MR) is 79.9 cm³/mol. The van der Waals surface area contributed by atoms with Crippen molar-refractivity contribution in [2.24, 2.45) is 0 Å². The third-order valence-corrected chi connectivity index (χ3v) is 2.60. The van der Waals surface area contributed by atoms with Crippen molar-refractivity contribution in [3.8, 4) is 0 Å². The van der Waals surface area contributed by atoms with Crippen molar-refractivity contribution in [3.05, 3.63) is 81.2 Å². The number of nitrogens with two attached hydrogens (primary N) is 1. The van der Waals surface area contributed by atoms with Gasteiger partial charge in [-0.15, -0.1) is 0 Å². The van der Waals surface area contributed by atoms with Gasteiger partial charge < -0.3 is 5.73 Å². The lowest BCUT2D eigenvalue weighted by Gasteiger charge is -1.92. The topological polar surface area (TPSA) is 69.2 Å². The van der Waals surface area contributed by atoms with E-state index in [4.69, 9.17) is 5.73 Å². The Morgan fingerprint density at radius 1 is 0.900 bits per heavy atom. The molecule has 0 aliphatic rings. The second-order valence-electron chi connectivity index (χ2n) is 4.09. The average Bonchev–Trinajstić information content (AvgIpc) is 2.46. The van der Waals surface area contributed by atoms with E-state index in [2.05, 4.69) is 11.5 Å². The Kier molecular flexibility index (Phi) is 4.15. The van der Waals surface area contributed by atoms with E-state index in [-0.39, 0.29) is 5.69 Å². The Labute approximate surface area is 116 Å².